The fraction of sp³-hybridized carbons (Fsp3) is 0.636. The fourth-order valence-electron chi connectivity index (χ4n) is 4.55. The summed E-state index contributed by atoms with van der Waals surface area (Å²) in [4.78, 5) is 22.0. The summed E-state index contributed by atoms with van der Waals surface area (Å²) in [7, 11) is 0. The van der Waals surface area contributed by atoms with Gasteiger partial charge in [0.1, 0.15) is 5.65 Å². The number of carbonyl (C=O) groups is 1. The number of hydrogen-bond donors (Lipinski definition) is 1. The first-order chi connectivity index (χ1) is 13.7. The minimum Gasteiger partial charge on any atom is -0.354 e. The molecular formula is C22H33N5O. The van der Waals surface area contributed by atoms with E-state index in [1.54, 1.807) is 0 Å². The summed E-state index contributed by atoms with van der Waals surface area (Å²) < 4.78 is 2.07. The first-order valence-corrected chi connectivity index (χ1v) is 10.9. The topological polar surface area (TPSA) is 52.9 Å². The summed E-state index contributed by atoms with van der Waals surface area (Å²) in [5.74, 6) is 0.881. The lowest BCUT2D eigenvalue weighted by molar-refractivity contribution is -0.126. The molecule has 0 spiro atoms. The molecule has 6 heteroatoms. The number of imidazole rings is 1. The summed E-state index contributed by atoms with van der Waals surface area (Å²) in [6, 6.07) is 6.04. The monoisotopic (exact) mass is 383 g/mol. The van der Waals surface area contributed by atoms with Gasteiger partial charge in [-0.2, -0.15) is 0 Å². The van der Waals surface area contributed by atoms with E-state index in [9.17, 15) is 4.79 Å². The van der Waals surface area contributed by atoms with Crippen molar-refractivity contribution in [2.75, 3.05) is 32.7 Å². The molecule has 6 nitrogen and oxygen atoms in total. The van der Waals surface area contributed by atoms with Crippen LogP contribution in [0.1, 0.15) is 44.7 Å². The third kappa shape index (κ3) is 4.73. The van der Waals surface area contributed by atoms with Gasteiger partial charge in [-0.15, -0.1) is 0 Å². The molecule has 1 aliphatic carbocycles. The Morgan fingerprint density at radius 2 is 1.96 bits per heavy atom. The molecule has 2 fully saturated rings. The average molecular weight is 384 g/mol. The summed E-state index contributed by atoms with van der Waals surface area (Å²) in [5.41, 5.74) is 2.11. The largest absolute Gasteiger partial charge is 0.354 e. The number of carbonyl (C=O) groups excluding carboxylic acids is 1. The lowest BCUT2D eigenvalue weighted by Crippen LogP contribution is -2.54. The molecule has 4 rings (SSSR count). The Hall–Kier alpha value is -1.92. The van der Waals surface area contributed by atoms with E-state index in [2.05, 4.69) is 25.7 Å². The van der Waals surface area contributed by atoms with Crippen LogP contribution in [0.15, 0.2) is 30.6 Å². The van der Waals surface area contributed by atoms with Gasteiger partial charge >= 0.3 is 0 Å². The van der Waals surface area contributed by atoms with Crippen molar-refractivity contribution >= 4 is 11.6 Å². The number of aromatic nitrogens is 2. The molecule has 1 atom stereocenters. The van der Waals surface area contributed by atoms with Crippen LogP contribution in [0.25, 0.3) is 5.65 Å². The van der Waals surface area contributed by atoms with Crippen LogP contribution in [0.5, 0.6) is 0 Å². The van der Waals surface area contributed by atoms with Gasteiger partial charge < -0.3 is 9.72 Å². The molecule has 2 aliphatic rings. The Kier molecular flexibility index (Phi) is 6.27. The van der Waals surface area contributed by atoms with Crippen LogP contribution in [0.3, 0.4) is 0 Å². The molecule has 0 bridgehead atoms. The lowest BCUT2D eigenvalue weighted by atomic mass is 9.89. The second kappa shape index (κ2) is 9.05. The van der Waals surface area contributed by atoms with E-state index in [-0.39, 0.29) is 11.9 Å². The van der Waals surface area contributed by atoms with Crippen molar-refractivity contribution in [3.05, 3.63) is 36.3 Å². The Morgan fingerprint density at radius 1 is 1.18 bits per heavy atom. The molecule has 1 N–H and O–H groups in total. The molecular weight excluding hydrogens is 350 g/mol. The van der Waals surface area contributed by atoms with Crippen molar-refractivity contribution in [3.63, 3.8) is 0 Å². The van der Waals surface area contributed by atoms with Crippen LogP contribution < -0.4 is 5.32 Å². The van der Waals surface area contributed by atoms with E-state index < -0.39 is 0 Å². The predicted octanol–water partition coefficient (Wildman–Crippen LogP) is 2.54. The van der Waals surface area contributed by atoms with E-state index in [1.165, 1.54) is 32.1 Å². The van der Waals surface area contributed by atoms with Crippen molar-refractivity contribution in [1.29, 1.82) is 0 Å². The maximum atomic E-state index is 12.6. The Balaban J connectivity index is 1.22. The van der Waals surface area contributed by atoms with Crippen molar-refractivity contribution in [3.8, 4) is 0 Å². The summed E-state index contributed by atoms with van der Waals surface area (Å²) >= 11 is 0. The zero-order valence-electron chi connectivity index (χ0n) is 17.0. The molecule has 0 aromatic carbocycles. The number of hydrogen-bond acceptors (Lipinski definition) is 4. The zero-order valence-corrected chi connectivity index (χ0v) is 17.0. The number of nitrogens with zero attached hydrogens (tertiary/aromatic N) is 4. The van der Waals surface area contributed by atoms with Gasteiger partial charge in [0.2, 0.25) is 5.91 Å². The van der Waals surface area contributed by atoms with Gasteiger partial charge in [0.15, 0.2) is 0 Å². The van der Waals surface area contributed by atoms with Crippen LogP contribution in [-0.4, -0.2) is 63.9 Å². The molecule has 2 aromatic rings. The quantitative estimate of drug-likeness (QED) is 0.833. The van der Waals surface area contributed by atoms with E-state index >= 15 is 0 Å². The highest BCUT2D eigenvalue weighted by molar-refractivity contribution is 5.81. The number of rotatable bonds is 6. The number of pyridine rings is 1. The van der Waals surface area contributed by atoms with Gasteiger partial charge in [-0.1, -0.05) is 25.3 Å². The standard InChI is InChI=1S/C22H33N5O/c1-18(22(28)23-15-19-7-3-2-4-8-19)26-13-11-25(12-14-26)16-20-17-27-10-6-5-9-21(27)24-20/h5-6,9-10,17-19H,2-4,7-8,11-16H2,1H3,(H,23,28). The number of fused-ring (bicyclic) bond motifs is 1. The molecule has 1 unspecified atom stereocenters. The minimum absolute atomic E-state index is 0.0408. The number of amides is 1. The summed E-state index contributed by atoms with van der Waals surface area (Å²) in [6.45, 7) is 7.61. The predicted molar refractivity (Wildman–Crippen MR) is 111 cm³/mol. The van der Waals surface area contributed by atoms with Gasteiger partial charge in [-0.3, -0.25) is 14.6 Å². The van der Waals surface area contributed by atoms with Crippen molar-refractivity contribution in [2.45, 2.75) is 51.6 Å². The Labute approximate surface area is 167 Å². The van der Waals surface area contributed by atoms with E-state index in [0.29, 0.717) is 5.92 Å². The highest BCUT2D eigenvalue weighted by atomic mass is 16.2. The maximum absolute atomic E-state index is 12.6. The maximum Gasteiger partial charge on any atom is 0.237 e. The van der Waals surface area contributed by atoms with Crippen LogP contribution >= 0.6 is 0 Å². The molecule has 1 saturated carbocycles. The highest BCUT2D eigenvalue weighted by Gasteiger charge is 2.26. The third-order valence-electron chi connectivity index (χ3n) is 6.42. The molecule has 1 aliphatic heterocycles. The minimum atomic E-state index is -0.0408. The molecule has 3 heterocycles. The van der Waals surface area contributed by atoms with E-state index in [0.717, 1.165) is 50.6 Å². The first kappa shape index (κ1) is 19.4. The average Bonchev–Trinajstić information content (AvgIpc) is 3.15. The first-order valence-electron chi connectivity index (χ1n) is 10.9. The van der Waals surface area contributed by atoms with Crippen molar-refractivity contribution in [1.82, 2.24) is 24.5 Å². The zero-order chi connectivity index (χ0) is 19.3. The van der Waals surface area contributed by atoms with Gasteiger partial charge in [-0.05, 0) is 37.8 Å². The molecule has 1 saturated heterocycles. The SMILES string of the molecule is CC(C(=O)NCC1CCCCC1)N1CCN(Cc2cn3ccccc3n2)CC1. The Morgan fingerprint density at radius 3 is 2.71 bits per heavy atom. The molecule has 28 heavy (non-hydrogen) atoms. The second-order valence-corrected chi connectivity index (χ2v) is 8.44. The van der Waals surface area contributed by atoms with Crippen molar-refractivity contribution in [2.24, 2.45) is 5.92 Å². The van der Waals surface area contributed by atoms with Gasteiger partial charge in [0, 0.05) is 51.7 Å². The van der Waals surface area contributed by atoms with Crippen LogP contribution in [0.4, 0.5) is 0 Å². The summed E-state index contributed by atoms with van der Waals surface area (Å²) in [6.07, 6.45) is 10.7. The van der Waals surface area contributed by atoms with Gasteiger partial charge in [0.05, 0.1) is 11.7 Å². The normalized spacial score (nSPS) is 21.0. The van der Waals surface area contributed by atoms with E-state index in [1.807, 2.05) is 31.3 Å². The van der Waals surface area contributed by atoms with Gasteiger partial charge in [-0.25, -0.2) is 4.98 Å². The number of piperazine rings is 1. The summed E-state index contributed by atoms with van der Waals surface area (Å²) in [5, 5.41) is 3.21. The molecule has 2 aromatic heterocycles. The molecule has 152 valence electrons. The second-order valence-electron chi connectivity index (χ2n) is 8.44. The van der Waals surface area contributed by atoms with Crippen molar-refractivity contribution < 1.29 is 4.79 Å². The molecule has 1 amide bonds. The van der Waals surface area contributed by atoms with Crippen LogP contribution in [-0.2, 0) is 11.3 Å². The smallest absolute Gasteiger partial charge is 0.237 e. The highest BCUT2D eigenvalue weighted by Crippen LogP contribution is 2.22. The lowest BCUT2D eigenvalue weighted by Gasteiger charge is -2.37. The fourth-order valence-corrected chi connectivity index (χ4v) is 4.55. The third-order valence-corrected chi connectivity index (χ3v) is 6.42. The molecule has 0 radical (unpaired) electrons. The van der Waals surface area contributed by atoms with Gasteiger partial charge in [0.25, 0.3) is 0 Å². The van der Waals surface area contributed by atoms with Crippen LogP contribution in [0.2, 0.25) is 0 Å². The number of nitrogens with one attached hydrogen (secondary N) is 1. The van der Waals surface area contributed by atoms with E-state index in [4.69, 9.17) is 4.98 Å². The Bertz CT molecular complexity index is 741. The van der Waals surface area contributed by atoms with Crippen LogP contribution in [0, 0.1) is 5.92 Å².